The minimum atomic E-state index is 0.656. The zero-order chi connectivity index (χ0) is 8.27. The maximum Gasteiger partial charge on any atom is 0.0438 e. The molecule has 0 amide bonds. The summed E-state index contributed by atoms with van der Waals surface area (Å²) in [6.07, 6.45) is 1.04. The van der Waals surface area contributed by atoms with Gasteiger partial charge in [-0.05, 0) is 36.1 Å². The fourth-order valence-corrected chi connectivity index (χ4v) is 1.24. The summed E-state index contributed by atoms with van der Waals surface area (Å²) < 4.78 is 0. The summed E-state index contributed by atoms with van der Waals surface area (Å²) in [5.41, 5.74) is 1.20. The van der Waals surface area contributed by atoms with Crippen molar-refractivity contribution in [3.05, 3.63) is 34.9 Å². The minimum absolute atomic E-state index is 0.656. The lowest BCUT2D eigenvalue weighted by molar-refractivity contribution is 0.647. The molecule has 0 aliphatic heterocycles. The normalized spacial score (nSPS) is 10.5. The van der Waals surface area contributed by atoms with Gasteiger partial charge in [0.25, 0.3) is 0 Å². The molecule has 0 saturated heterocycles. The van der Waals surface area contributed by atoms with Crippen LogP contribution in [0.15, 0.2) is 18.2 Å². The van der Waals surface area contributed by atoms with Gasteiger partial charge in [0.15, 0.2) is 0 Å². The summed E-state index contributed by atoms with van der Waals surface area (Å²) in [6, 6.07) is 8.71. The van der Waals surface area contributed by atoms with Crippen LogP contribution >= 0.6 is 11.6 Å². The molecule has 0 unspecified atom stereocenters. The molecule has 1 aromatic carbocycles. The summed E-state index contributed by atoms with van der Waals surface area (Å²) in [5, 5.41) is 0.859. The first-order valence-electron chi connectivity index (χ1n) is 3.84. The Morgan fingerprint density at radius 1 is 1.55 bits per heavy atom. The second kappa shape index (κ2) is 3.77. The molecule has 0 atom stereocenters. The van der Waals surface area contributed by atoms with E-state index >= 15 is 0 Å². The number of hydrogen-bond donors (Lipinski definition) is 0. The van der Waals surface area contributed by atoms with Crippen LogP contribution in [0.1, 0.15) is 19.4 Å². The highest BCUT2D eigenvalue weighted by atomic mass is 35.5. The highest BCUT2D eigenvalue weighted by Crippen LogP contribution is 2.17. The predicted molar refractivity (Wildman–Crippen MR) is 48.8 cm³/mol. The van der Waals surface area contributed by atoms with Crippen molar-refractivity contribution in [3.8, 4) is 0 Å². The SMILES string of the molecule is CC(C)Cc1c[c]ccc1Cl. The van der Waals surface area contributed by atoms with E-state index in [2.05, 4.69) is 19.9 Å². The first kappa shape index (κ1) is 8.61. The van der Waals surface area contributed by atoms with Crippen LogP contribution < -0.4 is 0 Å². The van der Waals surface area contributed by atoms with Crippen molar-refractivity contribution in [1.29, 1.82) is 0 Å². The summed E-state index contributed by atoms with van der Waals surface area (Å²) in [5.74, 6) is 0.656. The molecule has 0 nitrogen and oxygen atoms in total. The third kappa shape index (κ3) is 2.55. The summed E-state index contributed by atoms with van der Waals surface area (Å²) in [4.78, 5) is 0. The van der Waals surface area contributed by atoms with Crippen LogP contribution in [0, 0.1) is 12.0 Å². The van der Waals surface area contributed by atoms with Crippen molar-refractivity contribution in [1.82, 2.24) is 0 Å². The first-order valence-corrected chi connectivity index (χ1v) is 4.22. The third-order valence-electron chi connectivity index (χ3n) is 1.52. The molecule has 59 valence electrons. The van der Waals surface area contributed by atoms with E-state index in [4.69, 9.17) is 11.6 Å². The second-order valence-electron chi connectivity index (χ2n) is 3.12. The van der Waals surface area contributed by atoms with Crippen molar-refractivity contribution in [2.24, 2.45) is 5.92 Å². The highest BCUT2D eigenvalue weighted by Gasteiger charge is 2.00. The van der Waals surface area contributed by atoms with Crippen molar-refractivity contribution in [2.75, 3.05) is 0 Å². The van der Waals surface area contributed by atoms with E-state index in [0.717, 1.165) is 11.4 Å². The Kier molecular flexibility index (Phi) is 2.95. The second-order valence-corrected chi connectivity index (χ2v) is 3.52. The van der Waals surface area contributed by atoms with Crippen molar-refractivity contribution >= 4 is 11.6 Å². The van der Waals surface area contributed by atoms with Crippen molar-refractivity contribution in [3.63, 3.8) is 0 Å². The van der Waals surface area contributed by atoms with Gasteiger partial charge in [-0.1, -0.05) is 31.5 Å². The predicted octanol–water partition coefficient (Wildman–Crippen LogP) is 3.34. The van der Waals surface area contributed by atoms with Gasteiger partial charge < -0.3 is 0 Å². The van der Waals surface area contributed by atoms with Crippen LogP contribution in [0.5, 0.6) is 0 Å². The lowest BCUT2D eigenvalue weighted by Gasteiger charge is -2.05. The van der Waals surface area contributed by atoms with Gasteiger partial charge in [-0.2, -0.15) is 0 Å². The van der Waals surface area contributed by atoms with Crippen LogP contribution in [-0.4, -0.2) is 0 Å². The Balaban J connectivity index is 2.78. The van der Waals surface area contributed by atoms with E-state index in [-0.39, 0.29) is 0 Å². The lowest BCUT2D eigenvalue weighted by atomic mass is 10.0. The van der Waals surface area contributed by atoms with E-state index in [0.29, 0.717) is 5.92 Å². The number of rotatable bonds is 2. The molecule has 0 N–H and O–H groups in total. The van der Waals surface area contributed by atoms with Gasteiger partial charge in [0.2, 0.25) is 0 Å². The zero-order valence-corrected chi connectivity index (χ0v) is 7.65. The molecule has 0 aliphatic carbocycles. The Bertz CT molecular complexity index is 228. The number of benzene rings is 1. The Morgan fingerprint density at radius 2 is 2.27 bits per heavy atom. The van der Waals surface area contributed by atoms with E-state index in [1.54, 1.807) is 0 Å². The summed E-state index contributed by atoms with van der Waals surface area (Å²) in [7, 11) is 0. The van der Waals surface area contributed by atoms with E-state index in [1.165, 1.54) is 5.56 Å². The minimum Gasteiger partial charge on any atom is -0.0840 e. The highest BCUT2D eigenvalue weighted by molar-refractivity contribution is 6.31. The van der Waals surface area contributed by atoms with Gasteiger partial charge in [-0.25, -0.2) is 0 Å². The third-order valence-corrected chi connectivity index (χ3v) is 1.89. The quantitative estimate of drug-likeness (QED) is 0.634. The molecular formula is C10H12Cl. The van der Waals surface area contributed by atoms with Gasteiger partial charge in [0.1, 0.15) is 0 Å². The molecule has 0 spiro atoms. The monoisotopic (exact) mass is 167 g/mol. The molecule has 1 aromatic rings. The maximum absolute atomic E-state index is 5.95. The first-order chi connectivity index (χ1) is 5.20. The van der Waals surface area contributed by atoms with Gasteiger partial charge in [-0.15, -0.1) is 0 Å². The number of hydrogen-bond acceptors (Lipinski definition) is 0. The van der Waals surface area contributed by atoms with Gasteiger partial charge in [-0.3, -0.25) is 0 Å². The van der Waals surface area contributed by atoms with Gasteiger partial charge in [0, 0.05) is 5.02 Å². The fourth-order valence-electron chi connectivity index (χ4n) is 1.04. The molecule has 0 fully saturated rings. The molecule has 1 heteroatoms. The summed E-state index contributed by atoms with van der Waals surface area (Å²) in [6.45, 7) is 4.37. The van der Waals surface area contributed by atoms with Crippen LogP contribution in [0.3, 0.4) is 0 Å². The van der Waals surface area contributed by atoms with Crippen LogP contribution in [0.2, 0.25) is 5.02 Å². The van der Waals surface area contributed by atoms with Crippen LogP contribution in [0.25, 0.3) is 0 Å². The Hall–Kier alpha value is -0.490. The van der Waals surface area contributed by atoms with Crippen LogP contribution in [-0.2, 0) is 6.42 Å². The van der Waals surface area contributed by atoms with E-state index < -0.39 is 0 Å². The average molecular weight is 168 g/mol. The molecule has 0 aliphatic rings. The average Bonchev–Trinajstić information content (AvgIpc) is 1.93. The number of halogens is 1. The van der Waals surface area contributed by atoms with E-state index in [9.17, 15) is 0 Å². The summed E-state index contributed by atoms with van der Waals surface area (Å²) >= 11 is 5.95. The molecule has 11 heavy (non-hydrogen) atoms. The van der Waals surface area contributed by atoms with E-state index in [1.807, 2.05) is 18.2 Å². The maximum atomic E-state index is 5.95. The molecule has 0 bridgehead atoms. The standard InChI is InChI=1S/C10H12Cl/c1-8(2)7-9-5-3-4-6-10(9)11/h4-6,8H,7H2,1-2H3. The fraction of sp³-hybridized carbons (Fsp3) is 0.400. The zero-order valence-electron chi connectivity index (χ0n) is 6.89. The molecular weight excluding hydrogens is 156 g/mol. The van der Waals surface area contributed by atoms with Crippen molar-refractivity contribution in [2.45, 2.75) is 20.3 Å². The van der Waals surface area contributed by atoms with Gasteiger partial charge >= 0.3 is 0 Å². The molecule has 0 heterocycles. The Labute approximate surface area is 73.2 Å². The topological polar surface area (TPSA) is 0 Å². The molecule has 0 aromatic heterocycles. The molecule has 1 radical (unpaired) electrons. The largest absolute Gasteiger partial charge is 0.0840 e. The van der Waals surface area contributed by atoms with Crippen molar-refractivity contribution < 1.29 is 0 Å². The lowest BCUT2D eigenvalue weighted by Crippen LogP contribution is -1.94. The van der Waals surface area contributed by atoms with Gasteiger partial charge in [0.05, 0.1) is 0 Å². The molecule has 0 saturated carbocycles. The van der Waals surface area contributed by atoms with Crippen LogP contribution in [0.4, 0.5) is 0 Å². The Morgan fingerprint density at radius 3 is 2.82 bits per heavy atom. The smallest absolute Gasteiger partial charge is 0.0438 e. The molecule has 1 rings (SSSR count).